The highest BCUT2D eigenvalue weighted by molar-refractivity contribution is 7.89. The van der Waals surface area contributed by atoms with Crippen LogP contribution in [0.4, 0.5) is 5.69 Å². The van der Waals surface area contributed by atoms with Crippen LogP contribution < -0.4 is 9.47 Å². The van der Waals surface area contributed by atoms with Crippen molar-refractivity contribution in [3.63, 3.8) is 0 Å². The second-order valence-corrected chi connectivity index (χ2v) is 9.65. The lowest BCUT2D eigenvalue weighted by atomic mass is 10.1. The molecule has 2 aromatic carbocycles. The van der Waals surface area contributed by atoms with Crippen LogP contribution in [0.5, 0.6) is 11.5 Å². The molecule has 2 aliphatic rings. The molecule has 0 saturated carbocycles. The maximum absolute atomic E-state index is 13.1. The predicted molar refractivity (Wildman–Crippen MR) is 115 cm³/mol. The van der Waals surface area contributed by atoms with Crippen LogP contribution in [0.2, 0.25) is 5.02 Å². The zero-order chi connectivity index (χ0) is 22.9. The number of fused-ring (bicyclic) bond motifs is 1. The maximum atomic E-state index is 13.1. The van der Waals surface area contributed by atoms with E-state index >= 15 is 0 Å². The maximum Gasteiger partial charge on any atom is 0.283 e. The average Bonchev–Trinajstić information content (AvgIpc) is 3.03. The van der Waals surface area contributed by atoms with E-state index in [1.165, 1.54) is 33.5 Å². The lowest BCUT2D eigenvalue weighted by Crippen LogP contribution is -2.50. The smallest absolute Gasteiger partial charge is 0.283 e. The lowest BCUT2D eigenvalue weighted by molar-refractivity contribution is -0.385. The van der Waals surface area contributed by atoms with Crippen LogP contribution in [0.3, 0.4) is 0 Å². The van der Waals surface area contributed by atoms with Crippen molar-refractivity contribution in [2.45, 2.75) is 11.3 Å². The van der Waals surface area contributed by atoms with Crippen molar-refractivity contribution in [2.24, 2.45) is 0 Å². The standard InChI is InChI=1S/C20H20ClN3O7S/c21-14-2-4-16(17(12-14)24(26)27)20(25)22-6-8-23(9-7-22)32(28,29)15-3-5-18-19(13-15)31-11-1-10-30-18/h2-5,12-13H,1,6-11H2. The quantitative estimate of drug-likeness (QED) is 0.486. The summed E-state index contributed by atoms with van der Waals surface area (Å²) in [5, 5.41) is 11.4. The Morgan fingerprint density at radius 2 is 1.69 bits per heavy atom. The van der Waals surface area contributed by atoms with E-state index < -0.39 is 20.9 Å². The van der Waals surface area contributed by atoms with Gasteiger partial charge in [0.25, 0.3) is 11.6 Å². The van der Waals surface area contributed by atoms with Crippen molar-refractivity contribution in [1.29, 1.82) is 0 Å². The van der Waals surface area contributed by atoms with Crippen LogP contribution in [0.25, 0.3) is 0 Å². The summed E-state index contributed by atoms with van der Waals surface area (Å²) in [5.41, 5.74) is -0.469. The molecule has 1 saturated heterocycles. The number of hydrogen-bond donors (Lipinski definition) is 0. The van der Waals surface area contributed by atoms with Crippen LogP contribution in [-0.4, -0.2) is 67.8 Å². The van der Waals surface area contributed by atoms with Gasteiger partial charge in [0.05, 0.1) is 23.0 Å². The highest BCUT2D eigenvalue weighted by Gasteiger charge is 2.33. The second-order valence-electron chi connectivity index (χ2n) is 7.27. The number of hydrogen-bond acceptors (Lipinski definition) is 7. The molecular formula is C20H20ClN3O7S. The number of rotatable bonds is 4. The van der Waals surface area contributed by atoms with Gasteiger partial charge in [0.2, 0.25) is 10.0 Å². The largest absolute Gasteiger partial charge is 0.490 e. The van der Waals surface area contributed by atoms with Crippen molar-refractivity contribution in [3.8, 4) is 11.5 Å². The molecule has 12 heteroatoms. The van der Waals surface area contributed by atoms with E-state index in [4.69, 9.17) is 21.1 Å². The van der Waals surface area contributed by atoms with Gasteiger partial charge in [-0.1, -0.05) is 11.6 Å². The van der Waals surface area contributed by atoms with Gasteiger partial charge in [-0.05, 0) is 24.3 Å². The molecule has 0 aliphatic carbocycles. The minimum atomic E-state index is -3.81. The van der Waals surface area contributed by atoms with E-state index in [-0.39, 0.29) is 47.3 Å². The van der Waals surface area contributed by atoms with Crippen molar-refractivity contribution in [2.75, 3.05) is 39.4 Å². The average molecular weight is 482 g/mol. The number of nitro groups is 1. The Morgan fingerprint density at radius 3 is 2.38 bits per heavy atom. The first-order valence-corrected chi connectivity index (χ1v) is 11.7. The molecule has 2 aromatic rings. The number of carbonyl (C=O) groups is 1. The van der Waals surface area contributed by atoms with E-state index in [1.54, 1.807) is 6.07 Å². The lowest BCUT2D eigenvalue weighted by Gasteiger charge is -2.34. The monoisotopic (exact) mass is 481 g/mol. The molecule has 0 atom stereocenters. The highest BCUT2D eigenvalue weighted by Crippen LogP contribution is 2.33. The fraction of sp³-hybridized carbons (Fsp3) is 0.350. The first-order chi connectivity index (χ1) is 15.3. The van der Waals surface area contributed by atoms with Crippen molar-refractivity contribution < 1.29 is 27.6 Å². The van der Waals surface area contributed by atoms with E-state index in [2.05, 4.69) is 0 Å². The van der Waals surface area contributed by atoms with Crippen LogP contribution in [-0.2, 0) is 10.0 Å². The van der Waals surface area contributed by atoms with Gasteiger partial charge in [-0.2, -0.15) is 4.31 Å². The third-order valence-corrected chi connectivity index (χ3v) is 7.40. The number of halogens is 1. The fourth-order valence-corrected chi connectivity index (χ4v) is 5.20. The normalized spacial score (nSPS) is 17.0. The molecule has 0 aromatic heterocycles. The van der Waals surface area contributed by atoms with Gasteiger partial charge in [0.1, 0.15) is 5.56 Å². The number of nitrogens with zero attached hydrogens (tertiary/aromatic N) is 3. The van der Waals surface area contributed by atoms with E-state index in [0.717, 1.165) is 6.07 Å². The minimum absolute atomic E-state index is 0.0594. The van der Waals surface area contributed by atoms with Gasteiger partial charge >= 0.3 is 0 Å². The fourth-order valence-electron chi connectivity index (χ4n) is 3.59. The molecule has 32 heavy (non-hydrogen) atoms. The molecule has 2 heterocycles. The summed E-state index contributed by atoms with van der Waals surface area (Å²) in [6, 6.07) is 8.34. The number of carbonyl (C=O) groups excluding carboxylic acids is 1. The molecule has 2 aliphatic heterocycles. The van der Waals surface area contributed by atoms with E-state index in [1.807, 2.05) is 0 Å². The summed E-state index contributed by atoms with van der Waals surface area (Å²) >= 11 is 5.81. The summed E-state index contributed by atoms with van der Waals surface area (Å²) in [6.07, 6.45) is 0.707. The Morgan fingerprint density at radius 1 is 1.00 bits per heavy atom. The molecular weight excluding hydrogens is 462 g/mol. The number of amides is 1. The zero-order valence-electron chi connectivity index (χ0n) is 16.9. The van der Waals surface area contributed by atoms with E-state index in [9.17, 15) is 23.3 Å². The number of ether oxygens (including phenoxy) is 2. The van der Waals surface area contributed by atoms with Gasteiger partial charge in [-0.25, -0.2) is 8.42 Å². The number of benzene rings is 2. The summed E-state index contributed by atoms with van der Waals surface area (Å²) in [6.45, 7) is 1.26. The highest BCUT2D eigenvalue weighted by atomic mass is 35.5. The molecule has 1 amide bonds. The van der Waals surface area contributed by atoms with E-state index in [0.29, 0.717) is 31.1 Å². The molecule has 0 N–H and O–H groups in total. The van der Waals surface area contributed by atoms with Crippen molar-refractivity contribution in [1.82, 2.24) is 9.21 Å². The first-order valence-electron chi connectivity index (χ1n) is 9.90. The molecule has 0 spiro atoms. The van der Waals surface area contributed by atoms with Crippen LogP contribution in [0.15, 0.2) is 41.3 Å². The third-order valence-electron chi connectivity index (χ3n) is 5.27. The number of piperazine rings is 1. The van der Waals surface area contributed by atoms with Crippen LogP contribution in [0, 0.1) is 10.1 Å². The Hall–Kier alpha value is -2.89. The molecule has 0 radical (unpaired) electrons. The third kappa shape index (κ3) is 4.36. The van der Waals surface area contributed by atoms with Crippen molar-refractivity contribution >= 4 is 33.2 Å². The number of nitro benzene ring substituents is 1. The van der Waals surface area contributed by atoms with Gasteiger partial charge in [-0.3, -0.25) is 14.9 Å². The van der Waals surface area contributed by atoms with Gasteiger partial charge < -0.3 is 14.4 Å². The molecule has 1 fully saturated rings. The van der Waals surface area contributed by atoms with Crippen molar-refractivity contribution in [3.05, 3.63) is 57.1 Å². The summed E-state index contributed by atoms with van der Waals surface area (Å²) < 4.78 is 38.6. The van der Waals surface area contributed by atoms with Crippen LogP contribution in [0.1, 0.15) is 16.8 Å². The SMILES string of the molecule is O=C(c1ccc(Cl)cc1[N+](=O)[O-])N1CCN(S(=O)(=O)c2ccc3c(c2)OCCCO3)CC1. The Balaban J connectivity index is 1.48. The number of sulfonamides is 1. The first kappa shape index (κ1) is 22.3. The molecule has 10 nitrogen and oxygen atoms in total. The molecule has 0 bridgehead atoms. The zero-order valence-corrected chi connectivity index (χ0v) is 18.5. The summed E-state index contributed by atoms with van der Waals surface area (Å²) in [4.78, 5) is 24.9. The summed E-state index contributed by atoms with van der Waals surface area (Å²) in [5.74, 6) is 0.342. The molecule has 170 valence electrons. The van der Waals surface area contributed by atoms with Gasteiger partial charge in [0, 0.05) is 49.8 Å². The predicted octanol–water partition coefficient (Wildman–Crippen LogP) is 2.56. The molecule has 0 unspecified atom stereocenters. The summed E-state index contributed by atoms with van der Waals surface area (Å²) in [7, 11) is -3.81. The van der Waals surface area contributed by atoms with Gasteiger partial charge in [0.15, 0.2) is 11.5 Å². The second kappa shape index (κ2) is 8.93. The Labute approximate surface area is 189 Å². The minimum Gasteiger partial charge on any atom is -0.490 e. The topological polar surface area (TPSA) is 119 Å². The molecule has 4 rings (SSSR count). The van der Waals surface area contributed by atoms with Crippen LogP contribution >= 0.6 is 11.6 Å². The Bertz CT molecular complexity index is 1160. The van der Waals surface area contributed by atoms with Gasteiger partial charge in [-0.15, -0.1) is 0 Å². The Kier molecular flexibility index (Phi) is 6.22.